The number of hydrogen-bond acceptors (Lipinski definition) is 5. The minimum atomic E-state index is -4.64. The van der Waals surface area contributed by atoms with Gasteiger partial charge in [-0.3, -0.25) is 9.59 Å². The smallest absolute Gasteiger partial charge is 0.416 e. The third-order valence-corrected chi connectivity index (χ3v) is 4.64. The summed E-state index contributed by atoms with van der Waals surface area (Å²) in [5.74, 6) is -3.12. The van der Waals surface area contributed by atoms with Crippen molar-refractivity contribution in [3.63, 3.8) is 0 Å². The molecule has 0 saturated carbocycles. The fourth-order valence-corrected chi connectivity index (χ4v) is 3.04. The Hall–Kier alpha value is -3.53. The summed E-state index contributed by atoms with van der Waals surface area (Å²) in [6, 6.07) is 8.41. The molecule has 1 amide bonds. The van der Waals surface area contributed by atoms with Crippen LogP contribution in [0.4, 0.5) is 13.2 Å². The van der Waals surface area contributed by atoms with Crippen molar-refractivity contribution in [2.75, 3.05) is 13.2 Å². The molecule has 0 saturated heterocycles. The van der Waals surface area contributed by atoms with Crippen LogP contribution in [-0.2, 0) is 15.8 Å². The Labute approximate surface area is 183 Å². The fraction of sp³-hybridized carbons (Fsp3) is 0.190. The van der Waals surface area contributed by atoms with Crippen molar-refractivity contribution in [1.29, 1.82) is 0 Å². The molecule has 168 valence electrons. The minimum absolute atomic E-state index is 0.0431. The molecule has 11 heteroatoms. The van der Waals surface area contributed by atoms with Gasteiger partial charge in [0, 0.05) is 12.6 Å². The van der Waals surface area contributed by atoms with Gasteiger partial charge in [-0.05, 0) is 36.8 Å². The first-order chi connectivity index (χ1) is 15.1. The summed E-state index contributed by atoms with van der Waals surface area (Å²) in [6.45, 7) is -0.215. The molecule has 7 nitrogen and oxygen atoms in total. The van der Waals surface area contributed by atoms with Crippen molar-refractivity contribution in [2.24, 2.45) is 0 Å². The Morgan fingerprint density at radius 3 is 2.59 bits per heavy atom. The van der Waals surface area contributed by atoms with Gasteiger partial charge < -0.3 is 19.6 Å². The van der Waals surface area contributed by atoms with Crippen LogP contribution in [0.3, 0.4) is 0 Å². The van der Waals surface area contributed by atoms with Crippen LogP contribution >= 0.6 is 11.6 Å². The zero-order valence-corrected chi connectivity index (χ0v) is 16.9. The fourth-order valence-electron chi connectivity index (χ4n) is 2.83. The molecule has 3 aromatic rings. The van der Waals surface area contributed by atoms with E-state index in [1.54, 1.807) is 6.07 Å². The van der Waals surface area contributed by atoms with E-state index < -0.39 is 29.0 Å². The van der Waals surface area contributed by atoms with E-state index in [-0.39, 0.29) is 52.6 Å². The van der Waals surface area contributed by atoms with E-state index >= 15 is 0 Å². The third-order valence-electron chi connectivity index (χ3n) is 4.34. The van der Waals surface area contributed by atoms with Gasteiger partial charge in [-0.25, -0.2) is 4.79 Å². The van der Waals surface area contributed by atoms with Gasteiger partial charge in [-0.1, -0.05) is 17.7 Å². The number of halogens is 4. The summed E-state index contributed by atoms with van der Waals surface area (Å²) in [4.78, 5) is 33.9. The van der Waals surface area contributed by atoms with Crippen molar-refractivity contribution in [2.45, 2.75) is 12.6 Å². The summed E-state index contributed by atoms with van der Waals surface area (Å²) >= 11 is 6.09. The highest BCUT2D eigenvalue weighted by Gasteiger charge is 2.31. The second-order valence-corrected chi connectivity index (χ2v) is 6.97. The van der Waals surface area contributed by atoms with Crippen LogP contribution in [-0.4, -0.2) is 30.1 Å². The van der Waals surface area contributed by atoms with Gasteiger partial charge in [0.2, 0.25) is 0 Å². The van der Waals surface area contributed by atoms with E-state index in [1.165, 1.54) is 12.1 Å². The third kappa shape index (κ3) is 5.20. The van der Waals surface area contributed by atoms with Gasteiger partial charge in [0.25, 0.3) is 0 Å². The average molecular weight is 470 g/mol. The molecule has 0 radical (unpaired) electrons. The summed E-state index contributed by atoms with van der Waals surface area (Å²) in [7, 11) is 0. The second-order valence-electron chi connectivity index (χ2n) is 6.56. The van der Waals surface area contributed by atoms with Crippen LogP contribution in [0, 0.1) is 0 Å². The van der Waals surface area contributed by atoms with Crippen LogP contribution in [0.1, 0.15) is 12.0 Å². The number of carbonyl (C=O) groups is 2. The molecular weight excluding hydrogens is 455 g/mol. The molecule has 0 aliphatic rings. The standard InChI is InChI=1S/C21H15ClF3NO6/c22-14-4-1-3-12-15(27)10-17(32-18(12)14)13-6-5-11(21(23,24)25)9-16(13)31-8-2-7-26-19(28)20(29)30/h1,3-6,9-10H,2,7-8H2,(H,26,28)(H,29,30). The van der Waals surface area contributed by atoms with E-state index in [1.807, 2.05) is 0 Å². The molecule has 2 N–H and O–H groups in total. The number of fused-ring (bicyclic) bond motifs is 1. The largest absolute Gasteiger partial charge is 0.493 e. The molecule has 32 heavy (non-hydrogen) atoms. The Morgan fingerprint density at radius 1 is 1.16 bits per heavy atom. The molecule has 0 bridgehead atoms. The predicted molar refractivity (Wildman–Crippen MR) is 109 cm³/mol. The molecule has 1 heterocycles. The van der Waals surface area contributed by atoms with Crippen molar-refractivity contribution < 1.29 is 37.0 Å². The molecule has 0 spiro atoms. The number of amides is 1. The van der Waals surface area contributed by atoms with Gasteiger partial charge in [0.1, 0.15) is 11.5 Å². The monoisotopic (exact) mass is 469 g/mol. The Kier molecular flexibility index (Phi) is 6.73. The maximum absolute atomic E-state index is 13.2. The van der Waals surface area contributed by atoms with Gasteiger partial charge in [0.05, 0.1) is 28.1 Å². The van der Waals surface area contributed by atoms with Gasteiger partial charge >= 0.3 is 18.1 Å². The number of nitrogens with one attached hydrogen (secondary N) is 1. The number of alkyl halides is 3. The first-order valence-corrected chi connectivity index (χ1v) is 9.53. The number of aliphatic carboxylic acids is 1. The number of para-hydroxylation sites is 1. The number of carboxylic acid groups (broad SMARTS) is 1. The van der Waals surface area contributed by atoms with E-state index in [2.05, 4.69) is 5.32 Å². The molecular formula is C21H15ClF3NO6. The first-order valence-electron chi connectivity index (χ1n) is 9.16. The Balaban J connectivity index is 1.93. The summed E-state index contributed by atoms with van der Waals surface area (Å²) in [5, 5.41) is 11.0. The highest BCUT2D eigenvalue weighted by atomic mass is 35.5. The van der Waals surface area contributed by atoms with Crippen molar-refractivity contribution in [1.82, 2.24) is 5.32 Å². The van der Waals surface area contributed by atoms with Crippen LogP contribution in [0.15, 0.2) is 51.7 Å². The lowest BCUT2D eigenvalue weighted by atomic mass is 10.1. The summed E-state index contributed by atoms with van der Waals surface area (Å²) in [6.07, 6.45) is -4.53. The van der Waals surface area contributed by atoms with E-state index in [0.29, 0.717) is 0 Å². The Bertz CT molecular complexity index is 1240. The molecule has 0 aliphatic heterocycles. The zero-order valence-electron chi connectivity index (χ0n) is 16.2. The summed E-state index contributed by atoms with van der Waals surface area (Å²) in [5.41, 5.74) is -1.24. The number of ether oxygens (including phenoxy) is 1. The highest BCUT2D eigenvalue weighted by molar-refractivity contribution is 6.34. The van der Waals surface area contributed by atoms with E-state index in [4.69, 9.17) is 25.9 Å². The zero-order chi connectivity index (χ0) is 23.5. The lowest BCUT2D eigenvalue weighted by Crippen LogP contribution is -2.31. The first kappa shape index (κ1) is 23.1. The normalized spacial score (nSPS) is 11.4. The minimum Gasteiger partial charge on any atom is -0.493 e. The number of hydrogen-bond donors (Lipinski definition) is 2. The second kappa shape index (κ2) is 9.31. The average Bonchev–Trinajstić information content (AvgIpc) is 2.73. The Morgan fingerprint density at radius 2 is 1.91 bits per heavy atom. The highest BCUT2D eigenvalue weighted by Crippen LogP contribution is 2.38. The topological polar surface area (TPSA) is 106 Å². The molecule has 2 aromatic carbocycles. The molecule has 0 fully saturated rings. The molecule has 3 rings (SSSR count). The number of benzene rings is 2. The van der Waals surface area contributed by atoms with E-state index in [9.17, 15) is 27.6 Å². The molecule has 0 aliphatic carbocycles. The maximum atomic E-state index is 13.2. The van der Waals surface area contributed by atoms with Crippen LogP contribution in [0.25, 0.3) is 22.3 Å². The van der Waals surface area contributed by atoms with Gasteiger partial charge in [-0.2, -0.15) is 13.2 Å². The van der Waals surface area contributed by atoms with Crippen molar-refractivity contribution >= 4 is 34.4 Å². The predicted octanol–water partition coefficient (Wildman–Crippen LogP) is 4.10. The molecule has 0 atom stereocenters. The van der Waals surface area contributed by atoms with Crippen molar-refractivity contribution in [3.8, 4) is 17.1 Å². The maximum Gasteiger partial charge on any atom is 0.416 e. The lowest BCUT2D eigenvalue weighted by Gasteiger charge is -2.15. The number of carbonyl (C=O) groups excluding carboxylic acids is 1. The quantitative estimate of drug-likeness (QED) is 0.416. The molecule has 0 unspecified atom stereocenters. The van der Waals surface area contributed by atoms with Crippen molar-refractivity contribution in [3.05, 3.63) is 63.3 Å². The molecule has 1 aromatic heterocycles. The van der Waals surface area contributed by atoms with E-state index in [0.717, 1.165) is 24.3 Å². The van der Waals surface area contributed by atoms with Gasteiger partial charge in [-0.15, -0.1) is 0 Å². The number of rotatable bonds is 6. The SMILES string of the molecule is O=C(O)C(=O)NCCCOc1cc(C(F)(F)F)ccc1-c1cc(=O)c2cccc(Cl)c2o1. The lowest BCUT2D eigenvalue weighted by molar-refractivity contribution is -0.150. The van der Waals surface area contributed by atoms with Crippen LogP contribution in [0.2, 0.25) is 5.02 Å². The summed E-state index contributed by atoms with van der Waals surface area (Å²) < 4.78 is 50.7. The number of carboxylic acids is 1. The van der Waals surface area contributed by atoms with Crippen LogP contribution in [0.5, 0.6) is 5.75 Å². The van der Waals surface area contributed by atoms with Crippen LogP contribution < -0.4 is 15.5 Å². The van der Waals surface area contributed by atoms with Gasteiger partial charge in [0.15, 0.2) is 11.0 Å².